The van der Waals surface area contributed by atoms with Gasteiger partial charge >= 0.3 is 5.97 Å². The van der Waals surface area contributed by atoms with E-state index in [0.717, 1.165) is 11.3 Å². The Morgan fingerprint density at radius 2 is 1.67 bits per heavy atom. The number of nitrogen functional groups attached to an aromatic ring is 1. The predicted molar refractivity (Wildman–Crippen MR) is 146 cm³/mol. The number of nitrogens with two attached hydrogens (primary N) is 1. The molecule has 0 aliphatic rings. The Bertz CT molecular complexity index is 1300. The van der Waals surface area contributed by atoms with Gasteiger partial charge in [-0.1, -0.05) is 74.5 Å². The van der Waals surface area contributed by atoms with E-state index in [9.17, 15) is 4.79 Å². The van der Waals surface area contributed by atoms with Crippen LogP contribution in [-0.2, 0) is 17.8 Å². The van der Waals surface area contributed by atoms with Gasteiger partial charge in [0.25, 0.3) is 0 Å². The molecular formula is C29H33N5O2. The third-order valence-corrected chi connectivity index (χ3v) is 5.83. The largest absolute Gasteiger partial charge is 0.462 e. The zero-order valence-electron chi connectivity index (χ0n) is 21.0. The lowest BCUT2D eigenvalue weighted by atomic mass is 10.1. The smallest absolute Gasteiger partial charge is 0.343 e. The summed E-state index contributed by atoms with van der Waals surface area (Å²) in [4.78, 5) is 13.0. The highest BCUT2D eigenvalue weighted by molar-refractivity contribution is 5.97. The van der Waals surface area contributed by atoms with Crippen LogP contribution in [0.3, 0.4) is 0 Å². The highest BCUT2D eigenvalue weighted by Crippen LogP contribution is 2.33. The quantitative estimate of drug-likeness (QED) is 0.184. The molecule has 0 bridgehead atoms. The first kappa shape index (κ1) is 24.9. The summed E-state index contributed by atoms with van der Waals surface area (Å²) in [6, 6.07) is 26.0. The molecule has 1 aromatic heterocycles. The molecule has 0 amide bonds. The molecule has 1 heterocycles. The van der Waals surface area contributed by atoms with Crippen molar-refractivity contribution in [3.63, 3.8) is 0 Å². The minimum Gasteiger partial charge on any atom is -0.462 e. The van der Waals surface area contributed by atoms with Crippen LogP contribution in [0.25, 0.3) is 0 Å². The van der Waals surface area contributed by atoms with Gasteiger partial charge in [0.05, 0.1) is 30.2 Å². The van der Waals surface area contributed by atoms with E-state index in [0.29, 0.717) is 41.5 Å². The molecule has 4 aromatic rings. The number of rotatable bonds is 10. The first-order valence-electron chi connectivity index (χ1n) is 12.2. The van der Waals surface area contributed by atoms with Crippen LogP contribution in [0, 0.1) is 0 Å². The summed E-state index contributed by atoms with van der Waals surface area (Å²) in [6.45, 7) is 7.31. The highest BCUT2D eigenvalue weighted by atomic mass is 16.5. The van der Waals surface area contributed by atoms with Crippen molar-refractivity contribution in [2.24, 2.45) is 0 Å². The SMILES string of the molecule is CCOC(=O)c1c(C(C)C)nn(Cc2ccccc2)c1Nc1ccc(NCc2ccccc2)cc1N. The van der Waals surface area contributed by atoms with E-state index >= 15 is 0 Å². The summed E-state index contributed by atoms with van der Waals surface area (Å²) in [7, 11) is 0. The minimum atomic E-state index is -0.400. The predicted octanol–water partition coefficient (Wildman–Crippen LogP) is 6.17. The number of benzene rings is 3. The number of hydrogen-bond acceptors (Lipinski definition) is 6. The second kappa shape index (κ2) is 11.4. The lowest BCUT2D eigenvalue weighted by molar-refractivity contribution is 0.0526. The average molecular weight is 484 g/mol. The molecule has 4 rings (SSSR count). The molecule has 0 unspecified atom stereocenters. The summed E-state index contributed by atoms with van der Waals surface area (Å²) in [5.74, 6) is 0.198. The van der Waals surface area contributed by atoms with Gasteiger partial charge in [-0.25, -0.2) is 9.48 Å². The fourth-order valence-corrected chi connectivity index (χ4v) is 4.00. The van der Waals surface area contributed by atoms with E-state index < -0.39 is 5.97 Å². The number of ether oxygens (including phenoxy) is 1. The maximum absolute atomic E-state index is 13.0. The first-order chi connectivity index (χ1) is 17.5. The first-order valence-corrected chi connectivity index (χ1v) is 12.2. The van der Waals surface area contributed by atoms with E-state index in [-0.39, 0.29) is 12.5 Å². The number of nitrogens with zero attached hydrogens (tertiary/aromatic N) is 2. The molecule has 186 valence electrons. The van der Waals surface area contributed by atoms with E-state index in [1.165, 1.54) is 5.56 Å². The van der Waals surface area contributed by atoms with Crippen molar-refractivity contribution < 1.29 is 9.53 Å². The Morgan fingerprint density at radius 1 is 1.00 bits per heavy atom. The third-order valence-electron chi connectivity index (χ3n) is 5.83. The Morgan fingerprint density at radius 3 is 2.28 bits per heavy atom. The number of hydrogen-bond donors (Lipinski definition) is 3. The Hall–Kier alpha value is -4.26. The highest BCUT2D eigenvalue weighted by Gasteiger charge is 2.27. The van der Waals surface area contributed by atoms with Crippen molar-refractivity contribution in [3.05, 3.63) is 101 Å². The van der Waals surface area contributed by atoms with Crippen LogP contribution < -0.4 is 16.4 Å². The van der Waals surface area contributed by atoms with Crippen molar-refractivity contribution in [2.45, 2.75) is 39.8 Å². The van der Waals surface area contributed by atoms with Crippen molar-refractivity contribution in [1.82, 2.24) is 9.78 Å². The maximum Gasteiger partial charge on any atom is 0.343 e. The summed E-state index contributed by atoms with van der Waals surface area (Å²) in [6.07, 6.45) is 0. The van der Waals surface area contributed by atoms with Crippen molar-refractivity contribution >= 4 is 28.8 Å². The second-order valence-corrected chi connectivity index (χ2v) is 8.89. The molecule has 0 aliphatic heterocycles. The van der Waals surface area contributed by atoms with Gasteiger partial charge in [0.15, 0.2) is 0 Å². The lowest BCUT2D eigenvalue weighted by Crippen LogP contribution is -2.12. The molecular weight excluding hydrogens is 450 g/mol. The van der Waals surface area contributed by atoms with Gasteiger partial charge in [-0.05, 0) is 42.2 Å². The van der Waals surface area contributed by atoms with Crippen LogP contribution in [0.1, 0.15) is 53.9 Å². The Kier molecular flexibility index (Phi) is 7.90. The molecule has 0 saturated carbocycles. The molecule has 7 nitrogen and oxygen atoms in total. The molecule has 0 fully saturated rings. The van der Waals surface area contributed by atoms with Gasteiger partial charge in [0, 0.05) is 12.2 Å². The minimum absolute atomic E-state index is 0.0314. The van der Waals surface area contributed by atoms with Crippen LogP contribution in [-0.4, -0.2) is 22.4 Å². The molecule has 7 heteroatoms. The summed E-state index contributed by atoms with van der Waals surface area (Å²) >= 11 is 0. The van der Waals surface area contributed by atoms with Crippen molar-refractivity contribution in [3.8, 4) is 0 Å². The molecule has 3 aromatic carbocycles. The normalized spacial score (nSPS) is 10.9. The fourth-order valence-electron chi connectivity index (χ4n) is 4.00. The van der Waals surface area contributed by atoms with Gasteiger partial charge < -0.3 is 21.1 Å². The lowest BCUT2D eigenvalue weighted by Gasteiger charge is -2.15. The Labute approximate surface area is 212 Å². The van der Waals surface area contributed by atoms with E-state index in [4.69, 9.17) is 15.6 Å². The van der Waals surface area contributed by atoms with Crippen LogP contribution in [0.5, 0.6) is 0 Å². The van der Waals surface area contributed by atoms with Crippen LogP contribution >= 0.6 is 0 Å². The molecule has 36 heavy (non-hydrogen) atoms. The average Bonchev–Trinajstić information content (AvgIpc) is 3.23. The maximum atomic E-state index is 13.0. The van der Waals surface area contributed by atoms with Gasteiger partial charge in [-0.15, -0.1) is 0 Å². The van der Waals surface area contributed by atoms with Gasteiger partial charge in [0.2, 0.25) is 0 Å². The monoisotopic (exact) mass is 483 g/mol. The van der Waals surface area contributed by atoms with E-state index in [2.05, 4.69) is 22.8 Å². The van der Waals surface area contributed by atoms with Gasteiger partial charge in [0.1, 0.15) is 11.4 Å². The molecule has 0 spiro atoms. The molecule has 0 saturated heterocycles. The number of carbonyl (C=O) groups is 1. The van der Waals surface area contributed by atoms with Gasteiger partial charge in [-0.2, -0.15) is 5.10 Å². The van der Waals surface area contributed by atoms with E-state index in [1.54, 1.807) is 6.92 Å². The number of carbonyl (C=O) groups excluding carboxylic acids is 1. The second-order valence-electron chi connectivity index (χ2n) is 8.89. The molecule has 0 atom stereocenters. The number of anilines is 4. The molecule has 0 radical (unpaired) electrons. The zero-order valence-corrected chi connectivity index (χ0v) is 21.0. The van der Waals surface area contributed by atoms with E-state index in [1.807, 2.05) is 85.3 Å². The number of aromatic nitrogens is 2. The Balaban J connectivity index is 1.66. The molecule has 4 N–H and O–H groups in total. The van der Waals surface area contributed by atoms with Crippen LogP contribution in [0.4, 0.5) is 22.9 Å². The molecule has 0 aliphatic carbocycles. The van der Waals surface area contributed by atoms with Crippen molar-refractivity contribution in [1.29, 1.82) is 0 Å². The topological polar surface area (TPSA) is 94.2 Å². The van der Waals surface area contributed by atoms with Crippen molar-refractivity contribution in [2.75, 3.05) is 23.0 Å². The fraction of sp³-hybridized carbons (Fsp3) is 0.241. The van der Waals surface area contributed by atoms with Gasteiger partial charge in [-0.3, -0.25) is 0 Å². The zero-order chi connectivity index (χ0) is 25.5. The standard InChI is InChI=1S/C29H33N5O2/c1-4-36-29(35)26-27(20(2)3)33-34(19-22-13-9-6-10-14-22)28(26)32-25-16-15-23(17-24(25)30)31-18-21-11-7-5-8-12-21/h5-17,20,31-32H,4,18-19,30H2,1-3H3. The number of esters is 1. The summed E-state index contributed by atoms with van der Waals surface area (Å²) in [5, 5.41) is 11.6. The van der Waals surface area contributed by atoms with Crippen LogP contribution in [0.2, 0.25) is 0 Å². The third kappa shape index (κ3) is 5.86. The summed E-state index contributed by atoms with van der Waals surface area (Å²) < 4.78 is 7.23. The van der Waals surface area contributed by atoms with Crippen LogP contribution in [0.15, 0.2) is 78.9 Å². The number of nitrogens with one attached hydrogen (secondary N) is 2. The summed E-state index contributed by atoms with van der Waals surface area (Å²) in [5.41, 5.74) is 12.0.